The fourth-order valence-electron chi connectivity index (χ4n) is 2.96. The van der Waals surface area contributed by atoms with Gasteiger partial charge in [-0.25, -0.2) is 0 Å². The summed E-state index contributed by atoms with van der Waals surface area (Å²) in [7, 11) is 0. The molecule has 2 aromatic rings. The lowest BCUT2D eigenvalue weighted by Gasteiger charge is -2.39. The Balaban J connectivity index is 1.52. The molecule has 2 N–H and O–H groups in total. The molecule has 118 valence electrons. The number of hydrogen-bond acceptors (Lipinski definition) is 4. The summed E-state index contributed by atoms with van der Waals surface area (Å²) < 4.78 is 2.06. The summed E-state index contributed by atoms with van der Waals surface area (Å²) in [5, 5.41) is 14.4. The molecule has 0 spiro atoms. The molecule has 0 aliphatic carbocycles. The van der Waals surface area contributed by atoms with Gasteiger partial charge in [-0.1, -0.05) is 0 Å². The van der Waals surface area contributed by atoms with Crippen LogP contribution in [0.1, 0.15) is 28.8 Å². The first-order chi connectivity index (χ1) is 10.4. The van der Waals surface area contributed by atoms with Crippen LogP contribution in [0.3, 0.4) is 0 Å². The molecule has 0 bridgehead atoms. The Hall–Kier alpha value is -2.15. The summed E-state index contributed by atoms with van der Waals surface area (Å²) in [4.78, 5) is 14.2. The van der Waals surface area contributed by atoms with Gasteiger partial charge in [-0.3, -0.25) is 19.5 Å². The first-order valence-corrected chi connectivity index (χ1v) is 7.50. The Bertz CT molecular complexity index is 675. The highest BCUT2D eigenvalue weighted by molar-refractivity contribution is 5.93. The number of nitrogens with one attached hydrogen (secondary N) is 2. The molecule has 0 saturated carbocycles. The van der Waals surface area contributed by atoms with Gasteiger partial charge in [-0.15, -0.1) is 0 Å². The molecule has 1 aliphatic rings. The molecule has 0 aromatic carbocycles. The second kappa shape index (κ2) is 5.57. The quantitative estimate of drug-likeness (QED) is 0.893. The van der Waals surface area contributed by atoms with Crippen LogP contribution in [-0.2, 0) is 4.79 Å². The molecule has 3 rings (SSSR count). The standard InChI is InChI=1S/C15H22N6O/c1-9-5-10(2)21(19-9)13-6-20(7-13)8-14(22)16-15-11(3)17-18-12(15)4/h5,13H,6-8H2,1-4H3,(H,16,22)(H,17,18). The maximum Gasteiger partial charge on any atom is 0.238 e. The number of rotatable bonds is 4. The molecule has 0 radical (unpaired) electrons. The number of hydrogen-bond donors (Lipinski definition) is 2. The van der Waals surface area contributed by atoms with Gasteiger partial charge < -0.3 is 5.32 Å². The zero-order chi connectivity index (χ0) is 15.9. The molecule has 1 aliphatic heterocycles. The zero-order valence-electron chi connectivity index (χ0n) is 13.5. The third-order valence-electron chi connectivity index (χ3n) is 4.09. The normalized spacial score (nSPS) is 15.8. The maximum atomic E-state index is 12.1. The molecule has 0 unspecified atom stereocenters. The van der Waals surface area contributed by atoms with E-state index in [0.29, 0.717) is 12.6 Å². The number of aryl methyl sites for hydroxylation is 4. The van der Waals surface area contributed by atoms with Crippen molar-refractivity contribution in [1.82, 2.24) is 24.9 Å². The Morgan fingerprint density at radius 1 is 1.36 bits per heavy atom. The minimum atomic E-state index is -0.000539. The average Bonchev–Trinajstić information content (AvgIpc) is 2.89. The predicted octanol–water partition coefficient (Wildman–Crippen LogP) is 1.34. The van der Waals surface area contributed by atoms with Gasteiger partial charge in [0.2, 0.25) is 5.91 Å². The molecule has 7 nitrogen and oxygen atoms in total. The van der Waals surface area contributed by atoms with Crippen LogP contribution in [0.25, 0.3) is 0 Å². The minimum absolute atomic E-state index is 0.000539. The Kier molecular flexibility index (Phi) is 3.74. The molecule has 1 amide bonds. The van der Waals surface area contributed by atoms with Gasteiger partial charge in [0.15, 0.2) is 0 Å². The van der Waals surface area contributed by atoms with Crippen LogP contribution in [0.15, 0.2) is 6.07 Å². The Morgan fingerprint density at radius 3 is 2.64 bits per heavy atom. The summed E-state index contributed by atoms with van der Waals surface area (Å²) >= 11 is 0. The lowest BCUT2D eigenvalue weighted by molar-refractivity contribution is -0.118. The SMILES string of the molecule is Cc1cc(C)n(C2CN(CC(=O)Nc3c(C)n[nH]c3C)C2)n1. The van der Waals surface area contributed by atoms with E-state index < -0.39 is 0 Å². The third kappa shape index (κ3) is 2.76. The van der Waals surface area contributed by atoms with E-state index in [1.165, 1.54) is 5.69 Å². The number of H-pyrrole nitrogens is 1. The van der Waals surface area contributed by atoms with Crippen LogP contribution in [0.5, 0.6) is 0 Å². The van der Waals surface area contributed by atoms with Crippen molar-refractivity contribution in [2.75, 3.05) is 25.0 Å². The number of likely N-dealkylation sites (tertiary alicyclic amines) is 1. The van der Waals surface area contributed by atoms with Crippen LogP contribution < -0.4 is 5.32 Å². The van der Waals surface area contributed by atoms with Gasteiger partial charge in [-0.2, -0.15) is 10.2 Å². The molecule has 3 heterocycles. The maximum absolute atomic E-state index is 12.1. The van der Waals surface area contributed by atoms with Crippen molar-refractivity contribution in [2.45, 2.75) is 33.7 Å². The fraction of sp³-hybridized carbons (Fsp3) is 0.533. The number of aromatic amines is 1. The molecule has 2 aromatic heterocycles. The van der Waals surface area contributed by atoms with Gasteiger partial charge in [-0.05, 0) is 33.8 Å². The third-order valence-corrected chi connectivity index (χ3v) is 4.09. The van der Waals surface area contributed by atoms with Crippen molar-refractivity contribution in [3.63, 3.8) is 0 Å². The highest BCUT2D eigenvalue weighted by atomic mass is 16.2. The van der Waals surface area contributed by atoms with E-state index in [4.69, 9.17) is 0 Å². The highest BCUT2D eigenvalue weighted by Crippen LogP contribution is 2.23. The van der Waals surface area contributed by atoms with Crippen LogP contribution >= 0.6 is 0 Å². The molecule has 1 fully saturated rings. The van der Waals surface area contributed by atoms with Crippen molar-refractivity contribution in [3.05, 3.63) is 28.8 Å². The molecule has 1 saturated heterocycles. The van der Waals surface area contributed by atoms with E-state index in [2.05, 4.69) is 43.2 Å². The van der Waals surface area contributed by atoms with Gasteiger partial charge >= 0.3 is 0 Å². The molecular formula is C15H22N6O. The van der Waals surface area contributed by atoms with E-state index in [-0.39, 0.29) is 5.91 Å². The lowest BCUT2D eigenvalue weighted by Crippen LogP contribution is -2.51. The summed E-state index contributed by atoms with van der Waals surface area (Å²) in [6, 6.07) is 2.46. The van der Waals surface area contributed by atoms with Crippen LogP contribution in [-0.4, -0.2) is 50.4 Å². The Labute approximate surface area is 129 Å². The largest absolute Gasteiger partial charge is 0.322 e. The first kappa shape index (κ1) is 14.8. The van der Waals surface area contributed by atoms with Crippen molar-refractivity contribution >= 4 is 11.6 Å². The monoisotopic (exact) mass is 302 g/mol. The molecule has 22 heavy (non-hydrogen) atoms. The number of aromatic nitrogens is 4. The zero-order valence-corrected chi connectivity index (χ0v) is 13.5. The van der Waals surface area contributed by atoms with Gasteiger partial charge in [0.05, 0.1) is 35.4 Å². The highest BCUT2D eigenvalue weighted by Gasteiger charge is 2.31. The van der Waals surface area contributed by atoms with E-state index in [1.807, 2.05) is 20.8 Å². The molecular weight excluding hydrogens is 280 g/mol. The van der Waals surface area contributed by atoms with Crippen molar-refractivity contribution in [2.24, 2.45) is 0 Å². The second-order valence-electron chi connectivity index (χ2n) is 6.08. The van der Waals surface area contributed by atoms with Gasteiger partial charge in [0.25, 0.3) is 0 Å². The van der Waals surface area contributed by atoms with Crippen LogP contribution in [0, 0.1) is 27.7 Å². The van der Waals surface area contributed by atoms with Gasteiger partial charge in [0, 0.05) is 18.8 Å². The van der Waals surface area contributed by atoms with E-state index in [0.717, 1.165) is 35.9 Å². The summed E-state index contributed by atoms with van der Waals surface area (Å²) in [6.45, 7) is 9.97. The van der Waals surface area contributed by atoms with Crippen molar-refractivity contribution in [1.29, 1.82) is 0 Å². The second-order valence-corrected chi connectivity index (χ2v) is 6.08. The number of carbonyl (C=O) groups excluding carboxylic acids is 1. The van der Waals surface area contributed by atoms with Crippen LogP contribution in [0.4, 0.5) is 5.69 Å². The van der Waals surface area contributed by atoms with E-state index in [9.17, 15) is 4.79 Å². The summed E-state index contributed by atoms with van der Waals surface area (Å²) in [5.41, 5.74) is 4.71. The number of amides is 1. The number of anilines is 1. The smallest absolute Gasteiger partial charge is 0.238 e. The lowest BCUT2D eigenvalue weighted by atomic mass is 10.1. The van der Waals surface area contributed by atoms with Crippen LogP contribution in [0.2, 0.25) is 0 Å². The van der Waals surface area contributed by atoms with E-state index >= 15 is 0 Å². The Morgan fingerprint density at radius 2 is 2.09 bits per heavy atom. The molecule has 7 heteroatoms. The van der Waals surface area contributed by atoms with Gasteiger partial charge in [0.1, 0.15) is 0 Å². The number of carbonyl (C=O) groups is 1. The van der Waals surface area contributed by atoms with Crippen molar-refractivity contribution in [3.8, 4) is 0 Å². The van der Waals surface area contributed by atoms with Crippen molar-refractivity contribution < 1.29 is 4.79 Å². The summed E-state index contributed by atoms with van der Waals surface area (Å²) in [6.07, 6.45) is 0. The minimum Gasteiger partial charge on any atom is -0.322 e. The predicted molar refractivity (Wildman–Crippen MR) is 83.9 cm³/mol. The summed E-state index contributed by atoms with van der Waals surface area (Å²) in [5.74, 6) is -0.000539. The van der Waals surface area contributed by atoms with E-state index in [1.54, 1.807) is 0 Å². The topological polar surface area (TPSA) is 78.8 Å². The number of nitrogens with zero attached hydrogens (tertiary/aromatic N) is 4. The average molecular weight is 302 g/mol. The fourth-order valence-corrected chi connectivity index (χ4v) is 2.96. The first-order valence-electron chi connectivity index (χ1n) is 7.50. The molecule has 0 atom stereocenters.